The first-order chi connectivity index (χ1) is 16.1. The highest BCUT2D eigenvalue weighted by atomic mass is 32.1. The predicted octanol–water partition coefficient (Wildman–Crippen LogP) is 2.60. The van der Waals surface area contributed by atoms with E-state index >= 15 is 0 Å². The van der Waals surface area contributed by atoms with E-state index in [0.717, 1.165) is 93.2 Å². The SMILES string of the molecule is CN=C1/C(=C(\N)c2ccnc(N3CCCNCC3)n2)CCC12CCCc1sc(N)c(C#N)c12. The number of nitrogens with zero attached hydrogens (tertiary/aromatic N) is 5. The van der Waals surface area contributed by atoms with Gasteiger partial charge in [-0.2, -0.15) is 5.26 Å². The summed E-state index contributed by atoms with van der Waals surface area (Å²) in [7, 11) is 1.83. The molecule has 1 atom stereocenters. The molecule has 8 nitrogen and oxygen atoms in total. The number of nitriles is 1. The fraction of sp³-hybridized carbons (Fsp3) is 0.500. The Balaban J connectivity index is 1.55. The Labute approximate surface area is 198 Å². The number of anilines is 2. The van der Waals surface area contributed by atoms with Crippen LogP contribution in [0.1, 0.15) is 53.8 Å². The van der Waals surface area contributed by atoms with E-state index in [2.05, 4.69) is 21.3 Å². The Bertz CT molecular complexity index is 1170. The zero-order chi connectivity index (χ0) is 23.0. The average Bonchev–Trinajstić information content (AvgIpc) is 3.22. The number of nitrogens with two attached hydrogens (primary N) is 2. The maximum Gasteiger partial charge on any atom is 0.225 e. The molecule has 0 amide bonds. The second kappa shape index (κ2) is 8.76. The molecule has 1 aliphatic heterocycles. The van der Waals surface area contributed by atoms with E-state index in [1.807, 2.05) is 13.1 Å². The van der Waals surface area contributed by atoms with Crippen LogP contribution in [0, 0.1) is 11.3 Å². The van der Waals surface area contributed by atoms with E-state index in [4.69, 9.17) is 21.4 Å². The van der Waals surface area contributed by atoms with Crippen LogP contribution in [0.25, 0.3) is 5.70 Å². The number of aromatic nitrogens is 2. The Morgan fingerprint density at radius 3 is 2.97 bits per heavy atom. The fourth-order valence-corrected chi connectivity index (χ4v) is 6.94. The quantitative estimate of drug-likeness (QED) is 0.625. The lowest BCUT2D eigenvalue weighted by Crippen LogP contribution is -2.36. The van der Waals surface area contributed by atoms with Gasteiger partial charge in [0.05, 0.1) is 22.7 Å². The minimum atomic E-state index is -0.284. The second-order valence-electron chi connectivity index (χ2n) is 8.98. The lowest BCUT2D eigenvalue weighted by atomic mass is 9.68. The van der Waals surface area contributed by atoms with Crippen molar-refractivity contribution < 1.29 is 0 Å². The lowest BCUT2D eigenvalue weighted by molar-refractivity contribution is 0.469. The molecule has 9 heteroatoms. The van der Waals surface area contributed by atoms with Crippen LogP contribution in [0.5, 0.6) is 0 Å². The summed E-state index contributed by atoms with van der Waals surface area (Å²) < 4.78 is 0. The van der Waals surface area contributed by atoms with Crippen LogP contribution < -0.4 is 21.7 Å². The Kier molecular flexibility index (Phi) is 5.81. The van der Waals surface area contributed by atoms with Gasteiger partial charge in [0.1, 0.15) is 11.1 Å². The summed E-state index contributed by atoms with van der Waals surface area (Å²) in [5.74, 6) is 0.722. The highest BCUT2D eigenvalue weighted by Gasteiger charge is 2.49. The number of aliphatic imine (C=N–C) groups is 1. The molecule has 5 N–H and O–H groups in total. The van der Waals surface area contributed by atoms with Gasteiger partial charge in [-0.25, -0.2) is 9.97 Å². The molecular weight excluding hydrogens is 432 g/mol. The van der Waals surface area contributed by atoms with Gasteiger partial charge < -0.3 is 21.7 Å². The molecule has 1 spiro atoms. The number of nitrogen functional groups attached to an aromatic ring is 1. The van der Waals surface area contributed by atoms with Crippen molar-refractivity contribution in [2.75, 3.05) is 43.9 Å². The van der Waals surface area contributed by atoms with Crippen molar-refractivity contribution in [3.05, 3.63) is 39.5 Å². The Morgan fingerprint density at radius 2 is 2.15 bits per heavy atom. The standard InChI is InChI=1S/C24H30N8S/c1-28-21-15(5-8-24(21)7-2-4-18-19(24)16(14-25)22(27)33-18)20(26)17-6-10-30-23(31-17)32-12-3-9-29-11-13-32/h6,10,29H,2-5,7-9,11-13,26-27H2,1H3/b20-15-,28-21?. The zero-order valence-corrected chi connectivity index (χ0v) is 19.8. The molecule has 0 aromatic carbocycles. The number of rotatable bonds is 2. The molecule has 1 unspecified atom stereocenters. The van der Waals surface area contributed by atoms with Crippen molar-refractivity contribution in [3.63, 3.8) is 0 Å². The maximum absolute atomic E-state index is 9.87. The highest BCUT2D eigenvalue weighted by molar-refractivity contribution is 7.16. The van der Waals surface area contributed by atoms with Crippen molar-refractivity contribution in [1.82, 2.24) is 15.3 Å². The van der Waals surface area contributed by atoms with Crippen LogP contribution in [-0.2, 0) is 11.8 Å². The van der Waals surface area contributed by atoms with E-state index in [0.29, 0.717) is 16.3 Å². The smallest absolute Gasteiger partial charge is 0.225 e. The number of thiophene rings is 1. The molecule has 1 saturated carbocycles. The van der Waals surface area contributed by atoms with Gasteiger partial charge in [-0.15, -0.1) is 11.3 Å². The third-order valence-corrected chi connectivity index (χ3v) is 8.32. The van der Waals surface area contributed by atoms with Gasteiger partial charge in [-0.3, -0.25) is 4.99 Å². The van der Waals surface area contributed by atoms with E-state index in [9.17, 15) is 5.26 Å². The molecule has 2 aromatic heterocycles. The molecule has 1 saturated heterocycles. The Morgan fingerprint density at radius 1 is 1.27 bits per heavy atom. The van der Waals surface area contributed by atoms with Crippen molar-refractivity contribution in [3.8, 4) is 6.07 Å². The summed E-state index contributed by atoms with van der Waals surface area (Å²) in [6.45, 7) is 3.74. The molecule has 33 heavy (non-hydrogen) atoms. The summed E-state index contributed by atoms with van der Waals surface area (Å²) in [5, 5.41) is 13.9. The third-order valence-electron chi connectivity index (χ3n) is 7.24. The molecule has 0 radical (unpaired) electrons. The molecular formula is C24H30N8S. The van der Waals surface area contributed by atoms with Gasteiger partial charge >= 0.3 is 0 Å². The van der Waals surface area contributed by atoms with Gasteiger partial charge in [-0.05, 0) is 62.3 Å². The number of hydrogen-bond donors (Lipinski definition) is 3. The monoisotopic (exact) mass is 462 g/mol. The summed E-state index contributed by atoms with van der Waals surface area (Å²) in [4.78, 5) is 17.6. The molecule has 2 fully saturated rings. The van der Waals surface area contributed by atoms with Gasteiger partial charge in [0.15, 0.2) is 0 Å². The predicted molar refractivity (Wildman–Crippen MR) is 133 cm³/mol. The number of hydrogen-bond acceptors (Lipinski definition) is 9. The van der Waals surface area contributed by atoms with Crippen LogP contribution in [0.15, 0.2) is 22.8 Å². The number of allylic oxidation sites excluding steroid dienone is 1. The second-order valence-corrected chi connectivity index (χ2v) is 10.1. The third kappa shape index (κ3) is 3.58. The summed E-state index contributed by atoms with van der Waals surface area (Å²) in [5.41, 5.74) is 17.9. The number of aryl methyl sites for hydroxylation is 1. The van der Waals surface area contributed by atoms with Gasteiger partial charge in [-0.1, -0.05) is 0 Å². The first kappa shape index (κ1) is 21.9. The van der Waals surface area contributed by atoms with Crippen molar-refractivity contribution >= 4 is 33.7 Å². The normalized spacial score (nSPS) is 25.7. The largest absolute Gasteiger partial charge is 0.397 e. The molecule has 2 aromatic rings. The van der Waals surface area contributed by atoms with Gasteiger partial charge in [0.25, 0.3) is 0 Å². The molecule has 0 bridgehead atoms. The molecule has 172 valence electrons. The van der Waals surface area contributed by atoms with E-state index in [-0.39, 0.29) is 5.41 Å². The van der Waals surface area contributed by atoms with E-state index in [1.165, 1.54) is 4.88 Å². The minimum absolute atomic E-state index is 0.284. The fourth-order valence-electron chi connectivity index (χ4n) is 5.78. The first-order valence-electron chi connectivity index (χ1n) is 11.7. The summed E-state index contributed by atoms with van der Waals surface area (Å²) in [6.07, 6.45) is 7.55. The molecule has 3 aliphatic rings. The van der Waals surface area contributed by atoms with Crippen LogP contribution >= 0.6 is 11.3 Å². The van der Waals surface area contributed by atoms with Crippen molar-refractivity contribution in [2.45, 2.75) is 43.9 Å². The van der Waals surface area contributed by atoms with E-state index < -0.39 is 0 Å². The minimum Gasteiger partial charge on any atom is -0.397 e. The number of nitrogens with one attached hydrogen (secondary N) is 1. The van der Waals surface area contributed by atoms with Crippen molar-refractivity contribution in [2.24, 2.45) is 10.7 Å². The average molecular weight is 463 g/mol. The number of fused-ring (bicyclic) bond motifs is 2. The van der Waals surface area contributed by atoms with Gasteiger partial charge in [0, 0.05) is 43.2 Å². The topological polar surface area (TPSA) is 129 Å². The van der Waals surface area contributed by atoms with E-state index in [1.54, 1.807) is 17.5 Å². The lowest BCUT2D eigenvalue weighted by Gasteiger charge is -2.35. The maximum atomic E-state index is 9.87. The summed E-state index contributed by atoms with van der Waals surface area (Å²) >= 11 is 1.56. The molecule has 5 rings (SSSR count). The highest BCUT2D eigenvalue weighted by Crippen LogP contribution is 2.54. The van der Waals surface area contributed by atoms with Crippen LogP contribution in [0.2, 0.25) is 0 Å². The van der Waals surface area contributed by atoms with Gasteiger partial charge in [0.2, 0.25) is 5.95 Å². The summed E-state index contributed by atoms with van der Waals surface area (Å²) in [6, 6.07) is 4.26. The van der Waals surface area contributed by atoms with Crippen LogP contribution in [-0.4, -0.2) is 48.9 Å². The molecule has 2 aliphatic carbocycles. The zero-order valence-electron chi connectivity index (χ0n) is 19.0. The van der Waals surface area contributed by atoms with Crippen molar-refractivity contribution in [1.29, 1.82) is 5.26 Å². The first-order valence-corrected chi connectivity index (χ1v) is 12.5. The Hall–Kier alpha value is -2.96. The van der Waals surface area contributed by atoms with Crippen LogP contribution in [0.3, 0.4) is 0 Å². The molecule has 3 heterocycles. The van der Waals surface area contributed by atoms with Crippen LogP contribution in [0.4, 0.5) is 10.9 Å².